The van der Waals surface area contributed by atoms with E-state index in [0.717, 1.165) is 57.5 Å². The minimum atomic E-state index is -0.796. The summed E-state index contributed by atoms with van der Waals surface area (Å²) in [5.41, 5.74) is 1.55. The second kappa shape index (κ2) is 17.5. The topological polar surface area (TPSA) is 100 Å². The molecular weight excluding hydrogens is 580 g/mol. The zero-order valence-corrected chi connectivity index (χ0v) is 27.3. The maximum atomic E-state index is 13.9. The van der Waals surface area contributed by atoms with Crippen LogP contribution in [0.15, 0.2) is 60.7 Å². The fraction of sp³-hybridized carbons (Fsp3) is 0.595. The number of aryl methyl sites for hydroxylation is 1. The number of alkyl carbamates (subject to hydrolysis) is 1. The summed E-state index contributed by atoms with van der Waals surface area (Å²) >= 11 is 0. The number of piperidine rings is 1. The molecular formula is C37H52N4O5. The lowest BCUT2D eigenvalue weighted by molar-refractivity contribution is -0.163. The third-order valence-electron chi connectivity index (χ3n) is 9.84. The highest BCUT2D eigenvalue weighted by Crippen LogP contribution is 2.35. The average Bonchev–Trinajstić information content (AvgIpc) is 3.61. The van der Waals surface area contributed by atoms with Gasteiger partial charge in [0, 0.05) is 32.8 Å². The number of hydrogen-bond acceptors (Lipinski definition) is 6. The Hall–Kier alpha value is -3.43. The second-order valence-corrected chi connectivity index (χ2v) is 13.1. The van der Waals surface area contributed by atoms with Gasteiger partial charge in [-0.3, -0.25) is 9.59 Å². The molecule has 2 aromatic rings. The minimum absolute atomic E-state index is 0.00705. The van der Waals surface area contributed by atoms with Gasteiger partial charge >= 0.3 is 6.09 Å². The number of unbranched alkanes of at least 4 members (excludes halogenated alkanes) is 4. The number of rotatable bonds is 16. The van der Waals surface area contributed by atoms with Crippen LogP contribution >= 0.6 is 0 Å². The van der Waals surface area contributed by atoms with Crippen LogP contribution in [0.1, 0.15) is 81.8 Å². The fourth-order valence-corrected chi connectivity index (χ4v) is 7.07. The number of hydrogen-bond donors (Lipinski definition) is 2. The zero-order chi connectivity index (χ0) is 32.0. The van der Waals surface area contributed by atoms with Crippen LogP contribution in [-0.2, 0) is 32.1 Å². The van der Waals surface area contributed by atoms with Crippen LogP contribution in [0.4, 0.5) is 4.79 Å². The number of nitrogens with zero attached hydrogens (tertiary/aromatic N) is 2. The van der Waals surface area contributed by atoms with Crippen molar-refractivity contribution in [2.45, 2.75) is 101 Å². The molecule has 3 saturated heterocycles. The van der Waals surface area contributed by atoms with Crippen LogP contribution in [0.5, 0.6) is 0 Å². The highest BCUT2D eigenvalue weighted by Gasteiger charge is 2.53. The summed E-state index contributed by atoms with van der Waals surface area (Å²) in [4.78, 5) is 44.2. The van der Waals surface area contributed by atoms with Gasteiger partial charge in [0.1, 0.15) is 18.2 Å². The Morgan fingerprint density at radius 2 is 1.63 bits per heavy atom. The van der Waals surface area contributed by atoms with Gasteiger partial charge in [-0.15, -0.1) is 0 Å². The summed E-state index contributed by atoms with van der Waals surface area (Å²) in [6.45, 7) is 4.57. The maximum Gasteiger partial charge on any atom is 0.407 e. The number of carbonyl (C=O) groups excluding carboxylic acids is 3. The predicted molar refractivity (Wildman–Crippen MR) is 178 cm³/mol. The summed E-state index contributed by atoms with van der Waals surface area (Å²) in [6.07, 6.45) is 10.7. The molecule has 3 aliphatic rings. The number of likely N-dealkylation sites (tertiary alicyclic amines) is 1. The van der Waals surface area contributed by atoms with Gasteiger partial charge in [0.05, 0.1) is 6.10 Å². The van der Waals surface area contributed by atoms with Crippen LogP contribution in [0.2, 0.25) is 0 Å². The van der Waals surface area contributed by atoms with Crippen LogP contribution in [-0.4, -0.2) is 84.7 Å². The van der Waals surface area contributed by atoms with Crippen molar-refractivity contribution in [1.82, 2.24) is 20.4 Å². The van der Waals surface area contributed by atoms with Gasteiger partial charge in [0.15, 0.2) is 0 Å². The molecule has 3 amide bonds. The first-order valence-electron chi connectivity index (χ1n) is 17.5. The van der Waals surface area contributed by atoms with Crippen LogP contribution in [0.3, 0.4) is 0 Å². The molecule has 2 atom stereocenters. The summed E-state index contributed by atoms with van der Waals surface area (Å²) in [5, 5.41) is 5.90. The minimum Gasteiger partial charge on any atom is -0.445 e. The van der Waals surface area contributed by atoms with Crippen molar-refractivity contribution in [3.05, 3.63) is 71.8 Å². The fourth-order valence-electron chi connectivity index (χ4n) is 7.07. The number of ether oxygens (including phenoxy) is 2. The third-order valence-corrected chi connectivity index (χ3v) is 9.84. The van der Waals surface area contributed by atoms with E-state index in [-0.39, 0.29) is 24.5 Å². The Bertz CT molecular complexity index is 1230. The highest BCUT2D eigenvalue weighted by molar-refractivity contribution is 6.00. The predicted octanol–water partition coefficient (Wildman–Crippen LogP) is 5.23. The monoisotopic (exact) mass is 632 g/mol. The molecule has 2 aromatic carbocycles. The lowest BCUT2D eigenvalue weighted by Crippen LogP contribution is -2.73. The van der Waals surface area contributed by atoms with E-state index in [9.17, 15) is 14.4 Å². The summed E-state index contributed by atoms with van der Waals surface area (Å²) in [6, 6.07) is 19.7. The Morgan fingerprint density at radius 3 is 2.35 bits per heavy atom. The first-order valence-corrected chi connectivity index (χ1v) is 17.5. The number of carbonyl (C=O) groups is 3. The standard InChI is InChI=1S/C37H52N4O5/c42-34-33(20-10-11-23-38-36(44)46-29-31-17-8-4-9-18-31)39-35(43)37(41(34)28-32-19-13-27-45-32)21-25-40(26-22-37)24-12-2-1-5-14-30-15-6-3-7-16-30/h3-4,6-9,15-18,32-33H,1-2,5,10-14,19-29H2,(H,38,44)(H,39,43). The molecule has 0 radical (unpaired) electrons. The summed E-state index contributed by atoms with van der Waals surface area (Å²) in [7, 11) is 0. The molecule has 0 bridgehead atoms. The van der Waals surface area contributed by atoms with Gasteiger partial charge in [-0.1, -0.05) is 73.5 Å². The van der Waals surface area contributed by atoms with E-state index in [0.29, 0.717) is 45.2 Å². The van der Waals surface area contributed by atoms with Crippen molar-refractivity contribution in [3.8, 4) is 0 Å². The molecule has 250 valence electrons. The molecule has 5 rings (SSSR count). The van der Waals surface area contributed by atoms with Gasteiger partial charge in [-0.25, -0.2) is 4.79 Å². The Morgan fingerprint density at radius 1 is 0.913 bits per heavy atom. The molecule has 0 aliphatic carbocycles. The van der Waals surface area contributed by atoms with E-state index in [2.05, 4.69) is 45.9 Å². The average molecular weight is 633 g/mol. The SMILES string of the molecule is O=C(NCCCCC1NC(=O)C2(CCN(CCCCCCc3ccccc3)CC2)N(CC2CCCO2)C1=O)OCc1ccccc1. The van der Waals surface area contributed by atoms with Gasteiger partial charge in [-0.2, -0.15) is 0 Å². The lowest BCUT2D eigenvalue weighted by atomic mass is 9.81. The number of piperazine rings is 1. The first-order chi connectivity index (χ1) is 22.5. The van der Waals surface area contributed by atoms with Crippen molar-refractivity contribution in [3.63, 3.8) is 0 Å². The number of nitrogens with one attached hydrogen (secondary N) is 2. The van der Waals surface area contributed by atoms with Gasteiger partial charge in [-0.05, 0) is 81.9 Å². The molecule has 0 aromatic heterocycles. The Balaban J connectivity index is 1.04. The van der Waals surface area contributed by atoms with Gasteiger partial charge < -0.3 is 29.9 Å². The van der Waals surface area contributed by atoms with E-state index in [1.807, 2.05) is 35.2 Å². The lowest BCUT2D eigenvalue weighted by Gasteiger charge is -2.52. The molecule has 46 heavy (non-hydrogen) atoms. The van der Waals surface area contributed by atoms with Crippen molar-refractivity contribution >= 4 is 17.9 Å². The normalized spacial score (nSPS) is 21.3. The largest absolute Gasteiger partial charge is 0.445 e. The Kier molecular flexibility index (Phi) is 12.9. The smallest absolute Gasteiger partial charge is 0.407 e. The molecule has 3 aliphatic heterocycles. The summed E-state index contributed by atoms with van der Waals surface area (Å²) < 4.78 is 11.2. The first kappa shape index (κ1) is 33.9. The van der Waals surface area contributed by atoms with E-state index in [4.69, 9.17) is 9.47 Å². The van der Waals surface area contributed by atoms with Crippen molar-refractivity contribution in [2.75, 3.05) is 39.3 Å². The molecule has 2 unspecified atom stereocenters. The van der Waals surface area contributed by atoms with Gasteiger partial charge in [0.2, 0.25) is 11.8 Å². The van der Waals surface area contributed by atoms with Crippen molar-refractivity contribution in [2.24, 2.45) is 0 Å². The van der Waals surface area contributed by atoms with Crippen molar-refractivity contribution < 1.29 is 23.9 Å². The maximum absolute atomic E-state index is 13.9. The molecule has 9 heteroatoms. The van der Waals surface area contributed by atoms with Crippen LogP contribution in [0.25, 0.3) is 0 Å². The third kappa shape index (κ3) is 9.55. The quantitative estimate of drug-likeness (QED) is 0.246. The molecule has 9 nitrogen and oxygen atoms in total. The van der Waals surface area contributed by atoms with E-state index < -0.39 is 17.7 Å². The summed E-state index contributed by atoms with van der Waals surface area (Å²) in [5.74, 6) is -0.00419. The van der Waals surface area contributed by atoms with Gasteiger partial charge in [0.25, 0.3) is 0 Å². The van der Waals surface area contributed by atoms with Crippen LogP contribution < -0.4 is 10.6 Å². The molecule has 0 saturated carbocycles. The highest BCUT2D eigenvalue weighted by atomic mass is 16.5. The molecule has 2 N–H and O–H groups in total. The van der Waals surface area contributed by atoms with E-state index >= 15 is 0 Å². The molecule has 1 spiro atoms. The zero-order valence-electron chi connectivity index (χ0n) is 27.3. The number of amides is 3. The number of benzene rings is 2. The van der Waals surface area contributed by atoms with E-state index in [1.54, 1.807) is 0 Å². The molecule has 3 heterocycles. The van der Waals surface area contributed by atoms with Crippen LogP contribution in [0, 0.1) is 0 Å². The second-order valence-electron chi connectivity index (χ2n) is 13.1. The Labute approximate surface area is 274 Å². The van der Waals surface area contributed by atoms with Crippen molar-refractivity contribution in [1.29, 1.82) is 0 Å². The van der Waals surface area contributed by atoms with E-state index in [1.165, 1.54) is 24.8 Å². The molecule has 3 fully saturated rings.